The van der Waals surface area contributed by atoms with Crippen molar-refractivity contribution in [2.75, 3.05) is 0 Å². The molecule has 0 bridgehead atoms. The standard InChI is InChI=1S/C19H18BrN3O/c1-19(2,3)14-6-4-13(5-7-14)11-22-23-12-21-17-9-8-15(20)10-16(17)18(23)24/h4-12H,1-3H3. The third-order valence-corrected chi connectivity index (χ3v) is 4.30. The Morgan fingerprint density at radius 3 is 2.50 bits per heavy atom. The summed E-state index contributed by atoms with van der Waals surface area (Å²) in [5, 5.41) is 4.78. The molecule has 0 radical (unpaired) electrons. The minimum absolute atomic E-state index is 0.113. The van der Waals surface area contributed by atoms with Crippen LogP contribution in [0, 0.1) is 0 Å². The SMILES string of the molecule is CC(C)(C)c1ccc(C=Nn2cnc3ccc(Br)cc3c2=O)cc1. The fourth-order valence-electron chi connectivity index (χ4n) is 2.37. The summed E-state index contributed by atoms with van der Waals surface area (Å²) in [5.74, 6) is 0. The molecule has 0 N–H and O–H groups in total. The first-order chi connectivity index (χ1) is 11.3. The van der Waals surface area contributed by atoms with Gasteiger partial charge in [-0.2, -0.15) is 9.78 Å². The predicted molar refractivity (Wildman–Crippen MR) is 102 cm³/mol. The Labute approximate surface area is 149 Å². The maximum atomic E-state index is 12.5. The quantitative estimate of drug-likeness (QED) is 0.617. The highest BCUT2D eigenvalue weighted by molar-refractivity contribution is 9.10. The van der Waals surface area contributed by atoms with Crippen LogP contribution in [0.2, 0.25) is 0 Å². The smallest absolute Gasteiger partial charge is 0.267 e. The summed E-state index contributed by atoms with van der Waals surface area (Å²) < 4.78 is 2.10. The summed E-state index contributed by atoms with van der Waals surface area (Å²) in [7, 11) is 0. The lowest BCUT2D eigenvalue weighted by atomic mass is 9.87. The molecule has 2 aromatic carbocycles. The molecule has 0 fully saturated rings. The molecule has 0 saturated carbocycles. The lowest BCUT2D eigenvalue weighted by Crippen LogP contribution is -2.17. The Kier molecular flexibility index (Phi) is 4.37. The molecular formula is C19H18BrN3O. The molecule has 4 nitrogen and oxygen atoms in total. The first-order valence-corrected chi connectivity index (χ1v) is 8.46. The van der Waals surface area contributed by atoms with Crippen LogP contribution >= 0.6 is 15.9 Å². The first kappa shape index (κ1) is 16.6. The number of benzene rings is 2. The van der Waals surface area contributed by atoms with Crippen LogP contribution < -0.4 is 5.56 Å². The summed E-state index contributed by atoms with van der Waals surface area (Å²) in [4.78, 5) is 16.7. The molecule has 0 spiro atoms. The van der Waals surface area contributed by atoms with E-state index in [1.165, 1.54) is 16.6 Å². The van der Waals surface area contributed by atoms with Crippen molar-refractivity contribution in [3.05, 3.63) is 74.7 Å². The van der Waals surface area contributed by atoms with Crippen molar-refractivity contribution in [2.24, 2.45) is 5.10 Å². The van der Waals surface area contributed by atoms with Gasteiger partial charge in [0.1, 0.15) is 6.33 Å². The Hall–Kier alpha value is -2.27. The number of hydrogen-bond donors (Lipinski definition) is 0. The zero-order valence-electron chi connectivity index (χ0n) is 13.8. The number of nitrogens with zero attached hydrogens (tertiary/aromatic N) is 3. The van der Waals surface area contributed by atoms with Gasteiger partial charge in [0.05, 0.1) is 17.1 Å². The number of fused-ring (bicyclic) bond motifs is 1. The van der Waals surface area contributed by atoms with Crippen LogP contribution in [-0.2, 0) is 5.41 Å². The zero-order valence-corrected chi connectivity index (χ0v) is 15.4. The van der Waals surface area contributed by atoms with Gasteiger partial charge in [-0.1, -0.05) is 61.0 Å². The van der Waals surface area contributed by atoms with E-state index in [1.54, 1.807) is 18.3 Å². The van der Waals surface area contributed by atoms with Crippen LogP contribution in [0.5, 0.6) is 0 Å². The van der Waals surface area contributed by atoms with Gasteiger partial charge in [-0.05, 0) is 34.7 Å². The van der Waals surface area contributed by atoms with Crippen LogP contribution in [0.25, 0.3) is 10.9 Å². The monoisotopic (exact) mass is 383 g/mol. The third kappa shape index (κ3) is 3.46. The second kappa shape index (κ2) is 6.32. The number of aromatic nitrogens is 2. The van der Waals surface area contributed by atoms with E-state index in [1.807, 2.05) is 18.2 Å². The highest BCUT2D eigenvalue weighted by Crippen LogP contribution is 2.21. The van der Waals surface area contributed by atoms with Crippen molar-refractivity contribution < 1.29 is 0 Å². The summed E-state index contributed by atoms with van der Waals surface area (Å²) in [6.07, 6.45) is 3.11. The lowest BCUT2D eigenvalue weighted by Gasteiger charge is -2.18. The Morgan fingerprint density at radius 1 is 1.12 bits per heavy atom. The number of hydrogen-bond acceptors (Lipinski definition) is 3. The average Bonchev–Trinajstić information content (AvgIpc) is 2.54. The van der Waals surface area contributed by atoms with Crippen molar-refractivity contribution in [1.29, 1.82) is 0 Å². The maximum absolute atomic E-state index is 12.5. The normalized spacial score (nSPS) is 12.2. The van der Waals surface area contributed by atoms with Crippen molar-refractivity contribution >= 4 is 33.0 Å². The average molecular weight is 384 g/mol. The molecule has 0 aliphatic carbocycles. The number of rotatable bonds is 2. The molecule has 1 aromatic heterocycles. The van der Waals surface area contributed by atoms with E-state index in [9.17, 15) is 4.79 Å². The third-order valence-electron chi connectivity index (χ3n) is 3.81. The summed E-state index contributed by atoms with van der Waals surface area (Å²) in [6, 6.07) is 13.6. The van der Waals surface area contributed by atoms with Gasteiger partial charge in [-0.25, -0.2) is 4.98 Å². The van der Waals surface area contributed by atoms with Gasteiger partial charge in [-0.3, -0.25) is 4.79 Å². The topological polar surface area (TPSA) is 47.2 Å². The van der Waals surface area contributed by atoms with Crippen molar-refractivity contribution in [1.82, 2.24) is 9.66 Å². The van der Waals surface area contributed by atoms with Crippen LogP contribution in [0.3, 0.4) is 0 Å². The Balaban J connectivity index is 1.93. The fraction of sp³-hybridized carbons (Fsp3) is 0.211. The van der Waals surface area contributed by atoms with Gasteiger partial charge in [0, 0.05) is 4.47 Å². The number of halogens is 1. The van der Waals surface area contributed by atoms with Gasteiger partial charge in [0.25, 0.3) is 5.56 Å². The van der Waals surface area contributed by atoms with E-state index in [2.05, 4.69) is 58.9 Å². The minimum Gasteiger partial charge on any atom is -0.267 e. The van der Waals surface area contributed by atoms with E-state index in [0.29, 0.717) is 10.9 Å². The molecule has 24 heavy (non-hydrogen) atoms. The molecule has 1 heterocycles. The van der Waals surface area contributed by atoms with E-state index in [-0.39, 0.29) is 11.0 Å². The fourth-order valence-corrected chi connectivity index (χ4v) is 2.73. The van der Waals surface area contributed by atoms with E-state index >= 15 is 0 Å². The molecule has 0 saturated heterocycles. The maximum Gasteiger partial charge on any atom is 0.281 e. The van der Waals surface area contributed by atoms with Gasteiger partial charge in [0.2, 0.25) is 0 Å². The first-order valence-electron chi connectivity index (χ1n) is 7.66. The van der Waals surface area contributed by atoms with Gasteiger partial charge < -0.3 is 0 Å². The molecule has 122 valence electrons. The predicted octanol–water partition coefficient (Wildman–Crippen LogP) is 4.34. The molecule has 0 atom stereocenters. The summed E-state index contributed by atoms with van der Waals surface area (Å²) in [5.41, 5.74) is 2.77. The zero-order chi connectivity index (χ0) is 17.3. The van der Waals surface area contributed by atoms with Gasteiger partial charge in [-0.15, -0.1) is 0 Å². The Morgan fingerprint density at radius 2 is 1.83 bits per heavy atom. The van der Waals surface area contributed by atoms with Crippen LogP contribution in [0.1, 0.15) is 31.9 Å². The Bertz CT molecular complexity index is 967. The lowest BCUT2D eigenvalue weighted by molar-refractivity contribution is 0.590. The van der Waals surface area contributed by atoms with Crippen molar-refractivity contribution in [3.63, 3.8) is 0 Å². The molecule has 5 heteroatoms. The second-order valence-electron chi connectivity index (χ2n) is 6.67. The summed E-state index contributed by atoms with van der Waals surface area (Å²) in [6.45, 7) is 6.53. The van der Waals surface area contributed by atoms with Crippen molar-refractivity contribution in [3.8, 4) is 0 Å². The van der Waals surface area contributed by atoms with Crippen molar-refractivity contribution in [2.45, 2.75) is 26.2 Å². The highest BCUT2D eigenvalue weighted by atomic mass is 79.9. The molecule has 0 aliphatic rings. The molecule has 0 unspecified atom stereocenters. The molecule has 3 rings (SSSR count). The largest absolute Gasteiger partial charge is 0.281 e. The molecule has 3 aromatic rings. The molecular weight excluding hydrogens is 366 g/mol. The highest BCUT2D eigenvalue weighted by Gasteiger charge is 2.12. The molecule has 0 amide bonds. The second-order valence-corrected chi connectivity index (χ2v) is 7.59. The van der Waals surface area contributed by atoms with Gasteiger partial charge >= 0.3 is 0 Å². The van der Waals surface area contributed by atoms with E-state index in [0.717, 1.165) is 10.0 Å². The summed E-state index contributed by atoms with van der Waals surface area (Å²) >= 11 is 3.38. The molecule has 0 aliphatic heterocycles. The van der Waals surface area contributed by atoms with E-state index in [4.69, 9.17) is 0 Å². The minimum atomic E-state index is -0.191. The van der Waals surface area contributed by atoms with Crippen LogP contribution in [-0.4, -0.2) is 15.9 Å². The van der Waals surface area contributed by atoms with Crippen LogP contribution in [0.4, 0.5) is 0 Å². The van der Waals surface area contributed by atoms with E-state index < -0.39 is 0 Å². The van der Waals surface area contributed by atoms with Crippen LogP contribution in [0.15, 0.2) is 63.2 Å². The van der Waals surface area contributed by atoms with Gasteiger partial charge in [0.15, 0.2) is 0 Å².